The van der Waals surface area contributed by atoms with Crippen LogP contribution in [0.4, 0.5) is 0 Å². The van der Waals surface area contributed by atoms with Crippen molar-refractivity contribution in [3.05, 3.63) is 51.2 Å². The number of thiophene rings is 1. The van der Waals surface area contributed by atoms with Crippen LogP contribution in [0, 0.1) is 6.92 Å². The fourth-order valence-electron chi connectivity index (χ4n) is 2.73. The van der Waals surface area contributed by atoms with Gasteiger partial charge in [0.15, 0.2) is 0 Å². The average Bonchev–Trinajstić information content (AvgIpc) is 3.09. The highest BCUT2D eigenvalue weighted by Crippen LogP contribution is 2.39. The van der Waals surface area contributed by atoms with Gasteiger partial charge in [-0.25, -0.2) is 8.42 Å². The average molecular weight is 342 g/mol. The molecule has 112 valence electrons. The van der Waals surface area contributed by atoms with Crippen LogP contribution in [0.5, 0.6) is 0 Å². The Morgan fingerprint density at radius 2 is 2.14 bits per heavy atom. The maximum Gasteiger partial charge on any atom is 0.245 e. The summed E-state index contributed by atoms with van der Waals surface area (Å²) in [6, 6.07) is 8.99. The molecule has 1 aromatic carbocycles. The number of halogens is 1. The summed E-state index contributed by atoms with van der Waals surface area (Å²) in [6.07, 6.45) is 1.74. The van der Waals surface area contributed by atoms with Gasteiger partial charge in [0.1, 0.15) is 4.90 Å². The van der Waals surface area contributed by atoms with Gasteiger partial charge in [-0.2, -0.15) is 4.31 Å². The van der Waals surface area contributed by atoms with Crippen LogP contribution in [-0.2, 0) is 10.0 Å². The van der Waals surface area contributed by atoms with Gasteiger partial charge < -0.3 is 0 Å². The molecule has 0 spiro atoms. The fraction of sp³-hybridized carbons (Fsp3) is 0.333. The van der Waals surface area contributed by atoms with E-state index in [-0.39, 0.29) is 10.9 Å². The summed E-state index contributed by atoms with van der Waals surface area (Å²) in [6.45, 7) is 2.45. The molecule has 0 N–H and O–H groups in total. The van der Waals surface area contributed by atoms with Gasteiger partial charge in [0.2, 0.25) is 10.0 Å². The molecule has 0 radical (unpaired) electrons. The lowest BCUT2D eigenvalue weighted by molar-refractivity contribution is 0.401. The van der Waals surface area contributed by atoms with Gasteiger partial charge in [-0.1, -0.05) is 23.7 Å². The van der Waals surface area contributed by atoms with Crippen molar-refractivity contribution < 1.29 is 8.42 Å². The molecule has 2 heterocycles. The van der Waals surface area contributed by atoms with Crippen LogP contribution in [0.3, 0.4) is 0 Å². The Kier molecular flexibility index (Phi) is 4.10. The van der Waals surface area contributed by atoms with Crippen molar-refractivity contribution in [2.24, 2.45) is 0 Å². The molecule has 1 saturated heterocycles. The summed E-state index contributed by atoms with van der Waals surface area (Å²) in [5, 5.41) is 2.28. The predicted octanol–water partition coefficient (Wildman–Crippen LogP) is 4.24. The zero-order valence-corrected chi connectivity index (χ0v) is 14.0. The van der Waals surface area contributed by atoms with E-state index in [2.05, 4.69) is 0 Å². The van der Waals surface area contributed by atoms with Crippen molar-refractivity contribution in [2.45, 2.75) is 30.7 Å². The van der Waals surface area contributed by atoms with Gasteiger partial charge in [0, 0.05) is 11.4 Å². The van der Waals surface area contributed by atoms with Crippen LogP contribution in [0.1, 0.15) is 29.3 Å². The van der Waals surface area contributed by atoms with E-state index in [1.54, 1.807) is 33.8 Å². The molecule has 1 fully saturated rings. The number of rotatable bonds is 3. The standard InChI is InChI=1S/C15H16ClNO2S2/c1-11-6-7-15(12(16)10-11)21(18,19)17-8-2-4-13(17)14-5-3-9-20-14/h3,5-7,9-10,13H,2,4,8H2,1H3/t13-/m0/s1. The fourth-order valence-corrected chi connectivity index (χ4v) is 5.92. The molecular weight excluding hydrogens is 326 g/mol. The third-order valence-corrected chi connectivity index (χ3v) is 7.11. The molecule has 0 aliphatic carbocycles. The monoisotopic (exact) mass is 341 g/mol. The second kappa shape index (κ2) is 5.72. The van der Waals surface area contributed by atoms with Crippen molar-refractivity contribution >= 4 is 33.0 Å². The first kappa shape index (κ1) is 15.0. The van der Waals surface area contributed by atoms with E-state index >= 15 is 0 Å². The summed E-state index contributed by atoms with van der Waals surface area (Å²) in [5.74, 6) is 0. The van der Waals surface area contributed by atoms with Crippen LogP contribution < -0.4 is 0 Å². The van der Waals surface area contributed by atoms with Crippen molar-refractivity contribution in [3.8, 4) is 0 Å². The zero-order chi connectivity index (χ0) is 15.0. The number of nitrogens with zero attached hydrogens (tertiary/aromatic N) is 1. The lowest BCUT2D eigenvalue weighted by Gasteiger charge is -2.23. The Morgan fingerprint density at radius 3 is 2.81 bits per heavy atom. The molecule has 0 amide bonds. The van der Waals surface area contributed by atoms with Gasteiger partial charge in [0.25, 0.3) is 0 Å². The number of aryl methyl sites for hydroxylation is 1. The first-order valence-corrected chi connectivity index (χ1v) is 9.51. The quantitative estimate of drug-likeness (QED) is 0.837. The van der Waals surface area contributed by atoms with Crippen molar-refractivity contribution in [3.63, 3.8) is 0 Å². The van der Waals surface area contributed by atoms with Crippen LogP contribution in [0.25, 0.3) is 0 Å². The molecule has 1 aliphatic rings. The Hall–Kier alpha value is -0.880. The van der Waals surface area contributed by atoms with Gasteiger partial charge in [-0.05, 0) is 48.9 Å². The smallest absolute Gasteiger partial charge is 0.207 e. The lowest BCUT2D eigenvalue weighted by atomic mass is 10.2. The van der Waals surface area contributed by atoms with Crippen LogP contribution in [0.15, 0.2) is 40.6 Å². The molecule has 3 nitrogen and oxygen atoms in total. The molecule has 6 heteroatoms. The summed E-state index contributed by atoms with van der Waals surface area (Å²) in [4.78, 5) is 1.30. The summed E-state index contributed by atoms with van der Waals surface area (Å²) in [5.41, 5.74) is 0.954. The topological polar surface area (TPSA) is 37.4 Å². The molecule has 0 unspecified atom stereocenters. The van der Waals surface area contributed by atoms with Gasteiger partial charge in [0.05, 0.1) is 11.1 Å². The van der Waals surface area contributed by atoms with Crippen LogP contribution in [-0.4, -0.2) is 19.3 Å². The van der Waals surface area contributed by atoms with Gasteiger partial charge >= 0.3 is 0 Å². The summed E-state index contributed by atoms with van der Waals surface area (Å²) in [7, 11) is -3.55. The van der Waals surface area contributed by atoms with Gasteiger partial charge in [-0.3, -0.25) is 0 Å². The highest BCUT2D eigenvalue weighted by atomic mass is 35.5. The zero-order valence-electron chi connectivity index (χ0n) is 11.6. The van der Waals surface area contributed by atoms with E-state index in [0.29, 0.717) is 11.6 Å². The highest BCUT2D eigenvalue weighted by Gasteiger charge is 2.37. The van der Waals surface area contributed by atoms with Gasteiger partial charge in [-0.15, -0.1) is 11.3 Å². The SMILES string of the molecule is Cc1ccc(S(=O)(=O)N2CCC[C@H]2c2cccs2)c(Cl)c1. The number of sulfonamides is 1. The molecule has 1 atom stereocenters. The first-order valence-electron chi connectivity index (χ1n) is 6.81. The minimum absolute atomic E-state index is 0.0626. The van der Waals surface area contributed by atoms with Crippen molar-refractivity contribution in [1.29, 1.82) is 0 Å². The number of hydrogen-bond acceptors (Lipinski definition) is 3. The molecule has 0 bridgehead atoms. The third kappa shape index (κ3) is 2.75. The maximum absolute atomic E-state index is 12.9. The molecule has 1 aromatic heterocycles. The largest absolute Gasteiger partial charge is 0.245 e. The Labute approximate surface area is 134 Å². The Balaban J connectivity index is 2.01. The Morgan fingerprint density at radius 1 is 1.33 bits per heavy atom. The van der Waals surface area contributed by atoms with E-state index in [9.17, 15) is 8.42 Å². The molecule has 2 aromatic rings. The van der Waals surface area contributed by atoms with Crippen LogP contribution >= 0.6 is 22.9 Å². The van der Waals surface area contributed by atoms with E-state index in [1.165, 1.54) is 0 Å². The predicted molar refractivity (Wildman–Crippen MR) is 86.4 cm³/mol. The second-order valence-corrected chi connectivity index (χ2v) is 8.47. The minimum atomic E-state index is -3.55. The van der Waals surface area contributed by atoms with E-state index in [1.807, 2.05) is 24.4 Å². The number of hydrogen-bond donors (Lipinski definition) is 0. The molecule has 0 saturated carbocycles. The second-order valence-electron chi connectivity index (χ2n) is 5.22. The number of benzene rings is 1. The summed E-state index contributed by atoms with van der Waals surface area (Å²) >= 11 is 7.76. The minimum Gasteiger partial charge on any atom is -0.207 e. The molecule has 3 rings (SSSR count). The van der Waals surface area contributed by atoms with E-state index in [0.717, 1.165) is 23.3 Å². The van der Waals surface area contributed by atoms with Crippen molar-refractivity contribution in [1.82, 2.24) is 4.31 Å². The normalized spacial score (nSPS) is 20.0. The first-order chi connectivity index (χ1) is 10.00. The Bertz CT molecular complexity index is 741. The van der Waals surface area contributed by atoms with Crippen molar-refractivity contribution in [2.75, 3.05) is 6.54 Å². The third-order valence-electron chi connectivity index (χ3n) is 3.75. The maximum atomic E-state index is 12.9. The lowest BCUT2D eigenvalue weighted by Crippen LogP contribution is -2.30. The molecule has 21 heavy (non-hydrogen) atoms. The van der Waals surface area contributed by atoms with E-state index in [4.69, 9.17) is 11.6 Å². The molecule has 1 aliphatic heterocycles. The summed E-state index contributed by atoms with van der Waals surface area (Å²) < 4.78 is 27.4. The van der Waals surface area contributed by atoms with Crippen LogP contribution in [0.2, 0.25) is 5.02 Å². The van der Waals surface area contributed by atoms with E-state index < -0.39 is 10.0 Å². The highest BCUT2D eigenvalue weighted by molar-refractivity contribution is 7.89. The molecular formula is C15H16ClNO2S2.